The molecule has 0 spiro atoms. The SMILES string of the molecule is Cc1c2c(cc3cn(C)nc13)-c1ccc3nc(Cl)cc(c3n1)C(C)OO2. The first-order valence-corrected chi connectivity index (χ1v) is 8.67. The summed E-state index contributed by atoms with van der Waals surface area (Å²) in [4.78, 5) is 20.7. The molecular weight excluding hydrogens is 352 g/mol. The Labute approximate surface area is 154 Å². The van der Waals surface area contributed by atoms with Crippen LogP contribution >= 0.6 is 11.6 Å². The average molecular weight is 367 g/mol. The van der Waals surface area contributed by atoms with E-state index in [1.54, 1.807) is 10.7 Å². The summed E-state index contributed by atoms with van der Waals surface area (Å²) in [6, 6.07) is 7.66. The van der Waals surface area contributed by atoms with Crippen LogP contribution in [0.15, 0.2) is 30.5 Å². The van der Waals surface area contributed by atoms with Crippen molar-refractivity contribution in [2.24, 2.45) is 7.05 Å². The van der Waals surface area contributed by atoms with Gasteiger partial charge in [0.25, 0.3) is 0 Å². The fourth-order valence-electron chi connectivity index (χ4n) is 3.46. The Hall–Kier alpha value is -2.70. The zero-order chi connectivity index (χ0) is 18.0. The van der Waals surface area contributed by atoms with Gasteiger partial charge in [-0.2, -0.15) is 9.99 Å². The van der Waals surface area contributed by atoms with Crippen LogP contribution in [-0.4, -0.2) is 19.7 Å². The molecule has 26 heavy (non-hydrogen) atoms. The van der Waals surface area contributed by atoms with Gasteiger partial charge in [-0.15, -0.1) is 0 Å². The number of halogens is 1. The molecule has 0 radical (unpaired) electrons. The first kappa shape index (κ1) is 15.5. The highest BCUT2D eigenvalue weighted by Gasteiger charge is 2.23. The summed E-state index contributed by atoms with van der Waals surface area (Å²) in [6.45, 7) is 3.88. The van der Waals surface area contributed by atoms with Gasteiger partial charge in [0.1, 0.15) is 11.3 Å². The highest BCUT2D eigenvalue weighted by atomic mass is 35.5. The van der Waals surface area contributed by atoms with Crippen molar-refractivity contribution in [3.63, 3.8) is 0 Å². The number of fused-ring (bicyclic) bond motifs is 4. The van der Waals surface area contributed by atoms with E-state index in [0.29, 0.717) is 10.9 Å². The Morgan fingerprint density at radius 3 is 2.85 bits per heavy atom. The molecule has 1 aliphatic rings. The minimum Gasteiger partial charge on any atom is -0.336 e. The number of hydrogen-bond donors (Lipinski definition) is 0. The number of aromatic nitrogens is 4. The van der Waals surface area contributed by atoms with Gasteiger partial charge < -0.3 is 4.89 Å². The van der Waals surface area contributed by atoms with E-state index in [0.717, 1.165) is 44.3 Å². The molecule has 4 heterocycles. The smallest absolute Gasteiger partial charge is 0.179 e. The Morgan fingerprint density at radius 2 is 2.00 bits per heavy atom. The topological polar surface area (TPSA) is 62.1 Å². The van der Waals surface area contributed by atoms with Crippen LogP contribution in [0, 0.1) is 6.92 Å². The molecule has 0 N–H and O–H groups in total. The molecule has 1 unspecified atom stereocenters. The number of aryl methyl sites for hydroxylation is 2. The molecule has 3 aromatic heterocycles. The molecule has 130 valence electrons. The summed E-state index contributed by atoms with van der Waals surface area (Å²) < 4.78 is 1.79. The van der Waals surface area contributed by atoms with Crippen LogP contribution in [0.5, 0.6) is 5.75 Å². The molecule has 0 saturated carbocycles. The number of nitrogens with zero attached hydrogens (tertiary/aromatic N) is 4. The predicted molar refractivity (Wildman–Crippen MR) is 99.1 cm³/mol. The first-order chi connectivity index (χ1) is 12.5. The molecule has 1 aromatic carbocycles. The van der Waals surface area contributed by atoms with Crippen molar-refractivity contribution in [1.82, 2.24) is 19.7 Å². The van der Waals surface area contributed by atoms with E-state index in [9.17, 15) is 0 Å². The number of hydrogen-bond acceptors (Lipinski definition) is 5. The highest BCUT2D eigenvalue weighted by Crippen LogP contribution is 2.40. The molecule has 1 aliphatic heterocycles. The van der Waals surface area contributed by atoms with Crippen LogP contribution < -0.4 is 4.89 Å². The molecule has 1 atom stereocenters. The summed E-state index contributed by atoms with van der Waals surface area (Å²) in [5.74, 6) is 0.627. The van der Waals surface area contributed by atoms with E-state index in [1.165, 1.54) is 0 Å². The lowest BCUT2D eigenvalue weighted by molar-refractivity contribution is -0.242. The Kier molecular flexibility index (Phi) is 3.23. The van der Waals surface area contributed by atoms with E-state index < -0.39 is 0 Å². The van der Waals surface area contributed by atoms with Crippen LogP contribution in [0.2, 0.25) is 5.15 Å². The van der Waals surface area contributed by atoms with E-state index in [2.05, 4.69) is 10.1 Å². The van der Waals surface area contributed by atoms with Gasteiger partial charge in [-0.25, -0.2) is 9.97 Å². The molecule has 2 bridgehead atoms. The lowest BCUT2D eigenvalue weighted by atomic mass is 10.0. The fraction of sp³-hybridized carbons (Fsp3) is 0.211. The van der Waals surface area contributed by atoms with Crippen LogP contribution in [0.1, 0.15) is 24.2 Å². The molecule has 0 amide bonds. The zero-order valence-electron chi connectivity index (χ0n) is 14.4. The Bertz CT molecular complexity index is 1200. The van der Waals surface area contributed by atoms with Crippen LogP contribution in [0.4, 0.5) is 0 Å². The summed E-state index contributed by atoms with van der Waals surface area (Å²) in [5.41, 5.74) is 5.79. The summed E-state index contributed by atoms with van der Waals surface area (Å²) in [6.07, 6.45) is 1.62. The monoisotopic (exact) mass is 366 g/mol. The van der Waals surface area contributed by atoms with Gasteiger partial charge in [-0.3, -0.25) is 4.68 Å². The van der Waals surface area contributed by atoms with Crippen LogP contribution in [-0.2, 0) is 11.9 Å². The second kappa shape index (κ2) is 5.40. The molecule has 0 fully saturated rings. The van der Waals surface area contributed by atoms with Crippen LogP contribution in [0.3, 0.4) is 0 Å². The van der Waals surface area contributed by atoms with Crippen molar-refractivity contribution in [2.45, 2.75) is 20.0 Å². The molecule has 6 nitrogen and oxygen atoms in total. The van der Waals surface area contributed by atoms with Crippen molar-refractivity contribution in [1.29, 1.82) is 0 Å². The van der Waals surface area contributed by atoms with Crippen molar-refractivity contribution in [3.8, 4) is 17.0 Å². The quantitative estimate of drug-likeness (QED) is 0.338. The van der Waals surface area contributed by atoms with Gasteiger partial charge in [-0.1, -0.05) is 11.6 Å². The molecule has 0 saturated heterocycles. The largest absolute Gasteiger partial charge is 0.336 e. The molecular formula is C19H15ClN4O2. The standard InChI is InChI=1S/C19H15ClN4O2/c1-9-17-11(8-24(3)23-17)6-13-14-4-5-15-18(22-14)12(7-16(20)21-15)10(2)25-26-19(9)13/h4-8,10H,1-3H3. The third-order valence-corrected chi connectivity index (χ3v) is 4.93. The van der Waals surface area contributed by atoms with Crippen molar-refractivity contribution < 1.29 is 9.78 Å². The van der Waals surface area contributed by atoms with E-state index >= 15 is 0 Å². The minimum absolute atomic E-state index is 0.356. The second-order valence-corrected chi connectivity index (χ2v) is 6.93. The van der Waals surface area contributed by atoms with E-state index in [-0.39, 0.29) is 6.10 Å². The van der Waals surface area contributed by atoms with Crippen molar-refractivity contribution >= 4 is 33.5 Å². The van der Waals surface area contributed by atoms with E-state index in [1.807, 2.05) is 45.3 Å². The summed E-state index contributed by atoms with van der Waals surface area (Å²) in [7, 11) is 1.90. The first-order valence-electron chi connectivity index (χ1n) is 8.29. The summed E-state index contributed by atoms with van der Waals surface area (Å²) >= 11 is 6.16. The number of rotatable bonds is 0. The lowest BCUT2D eigenvalue weighted by Gasteiger charge is -2.15. The molecule has 5 rings (SSSR count). The van der Waals surface area contributed by atoms with Crippen molar-refractivity contribution in [2.75, 3.05) is 0 Å². The van der Waals surface area contributed by atoms with Gasteiger partial charge in [0, 0.05) is 35.3 Å². The van der Waals surface area contributed by atoms with Gasteiger partial charge in [0.15, 0.2) is 5.75 Å². The Morgan fingerprint density at radius 1 is 1.15 bits per heavy atom. The third kappa shape index (κ3) is 2.19. The summed E-state index contributed by atoms with van der Waals surface area (Å²) in [5, 5.41) is 5.95. The molecule has 0 aliphatic carbocycles. The normalized spacial score (nSPS) is 16.2. The van der Waals surface area contributed by atoms with Gasteiger partial charge >= 0.3 is 0 Å². The second-order valence-electron chi connectivity index (χ2n) is 6.54. The van der Waals surface area contributed by atoms with Gasteiger partial charge in [0.05, 0.1) is 22.2 Å². The number of pyridine rings is 2. The van der Waals surface area contributed by atoms with E-state index in [4.69, 9.17) is 26.4 Å². The van der Waals surface area contributed by atoms with Gasteiger partial charge in [-0.05, 0) is 38.1 Å². The average Bonchev–Trinajstić information content (AvgIpc) is 3.01. The molecule has 7 heteroatoms. The highest BCUT2D eigenvalue weighted by molar-refractivity contribution is 6.29. The molecule has 4 aromatic rings. The number of benzene rings is 1. The lowest BCUT2D eigenvalue weighted by Crippen LogP contribution is -2.06. The van der Waals surface area contributed by atoms with Crippen LogP contribution in [0.25, 0.3) is 33.2 Å². The minimum atomic E-state index is -0.356. The maximum Gasteiger partial charge on any atom is 0.179 e. The fourth-order valence-corrected chi connectivity index (χ4v) is 3.67. The van der Waals surface area contributed by atoms with Gasteiger partial charge in [0.2, 0.25) is 0 Å². The third-order valence-electron chi connectivity index (χ3n) is 4.74. The Balaban J connectivity index is 1.88. The predicted octanol–water partition coefficient (Wildman–Crippen LogP) is 4.53. The maximum atomic E-state index is 6.16. The van der Waals surface area contributed by atoms with Crippen molar-refractivity contribution in [3.05, 3.63) is 46.7 Å². The zero-order valence-corrected chi connectivity index (χ0v) is 15.2. The maximum absolute atomic E-state index is 6.16.